The van der Waals surface area contributed by atoms with Crippen molar-refractivity contribution in [2.24, 2.45) is 5.92 Å². The van der Waals surface area contributed by atoms with E-state index >= 15 is 0 Å². The van der Waals surface area contributed by atoms with E-state index in [1.54, 1.807) is 0 Å². The molecule has 0 spiro atoms. The van der Waals surface area contributed by atoms with Crippen LogP contribution in [0.3, 0.4) is 0 Å². The molecule has 2 heterocycles. The molecule has 2 N–H and O–H groups in total. The van der Waals surface area contributed by atoms with Gasteiger partial charge in [0.1, 0.15) is 0 Å². The molecular weight excluding hydrogens is 278 g/mol. The van der Waals surface area contributed by atoms with E-state index in [2.05, 4.69) is 45.2 Å². The number of likely N-dealkylation sites (tertiary alicyclic amines) is 1. The van der Waals surface area contributed by atoms with Gasteiger partial charge in [0.05, 0.1) is 0 Å². The van der Waals surface area contributed by atoms with Gasteiger partial charge < -0.3 is 4.98 Å². The van der Waals surface area contributed by atoms with Gasteiger partial charge in [0.2, 0.25) is 0 Å². The minimum atomic E-state index is -0.429. The molecule has 5 heteroatoms. The first-order valence-corrected chi connectivity index (χ1v) is 7.78. The fraction of sp³-hybridized carbons (Fsp3) is 0.412. The van der Waals surface area contributed by atoms with Gasteiger partial charge in [-0.2, -0.15) is 0 Å². The van der Waals surface area contributed by atoms with Crippen molar-refractivity contribution in [1.82, 2.24) is 14.9 Å². The summed E-state index contributed by atoms with van der Waals surface area (Å²) < 4.78 is 0. The lowest BCUT2D eigenvalue weighted by atomic mass is 9.90. The number of rotatable bonds is 4. The Bertz CT molecular complexity index is 684. The average Bonchev–Trinajstić information content (AvgIpc) is 2.49. The third-order valence-electron chi connectivity index (χ3n) is 4.28. The van der Waals surface area contributed by atoms with Crippen molar-refractivity contribution < 1.29 is 0 Å². The average molecular weight is 299 g/mol. The van der Waals surface area contributed by atoms with Crippen LogP contribution in [0.4, 0.5) is 0 Å². The van der Waals surface area contributed by atoms with Gasteiger partial charge in [0, 0.05) is 18.3 Å². The first kappa shape index (κ1) is 14.8. The fourth-order valence-corrected chi connectivity index (χ4v) is 3.14. The Hall–Kier alpha value is -2.14. The number of aromatic amines is 2. The van der Waals surface area contributed by atoms with E-state index in [9.17, 15) is 9.59 Å². The summed E-state index contributed by atoms with van der Waals surface area (Å²) in [6.07, 6.45) is 3.45. The SMILES string of the molecule is O=c1cc(CN2CCC(Cc3ccccc3)CC2)[nH]c(=O)[nH]1. The minimum absolute atomic E-state index is 0.335. The Balaban J connectivity index is 1.53. The molecule has 0 amide bonds. The second kappa shape index (κ2) is 6.75. The summed E-state index contributed by atoms with van der Waals surface area (Å²) in [5.41, 5.74) is 1.33. The van der Waals surface area contributed by atoms with Crippen molar-refractivity contribution >= 4 is 0 Å². The molecule has 5 nitrogen and oxygen atoms in total. The molecule has 3 rings (SSSR count). The summed E-state index contributed by atoms with van der Waals surface area (Å²) in [6.45, 7) is 2.65. The summed E-state index contributed by atoms with van der Waals surface area (Å²) >= 11 is 0. The van der Waals surface area contributed by atoms with Crippen LogP contribution in [-0.2, 0) is 13.0 Å². The third-order valence-corrected chi connectivity index (χ3v) is 4.28. The molecule has 1 aromatic carbocycles. The highest BCUT2D eigenvalue weighted by Gasteiger charge is 2.19. The molecule has 0 radical (unpaired) electrons. The molecule has 1 saturated heterocycles. The molecule has 0 aliphatic carbocycles. The van der Waals surface area contributed by atoms with Crippen LogP contribution in [0.2, 0.25) is 0 Å². The number of piperidine rings is 1. The van der Waals surface area contributed by atoms with Gasteiger partial charge >= 0.3 is 5.69 Å². The van der Waals surface area contributed by atoms with Gasteiger partial charge in [-0.15, -0.1) is 0 Å². The van der Waals surface area contributed by atoms with Crippen LogP contribution in [0.15, 0.2) is 46.0 Å². The van der Waals surface area contributed by atoms with E-state index < -0.39 is 5.69 Å². The summed E-state index contributed by atoms with van der Waals surface area (Å²) in [7, 11) is 0. The zero-order chi connectivity index (χ0) is 15.4. The van der Waals surface area contributed by atoms with E-state index in [4.69, 9.17) is 0 Å². The Morgan fingerprint density at radius 1 is 1.05 bits per heavy atom. The number of hydrogen-bond donors (Lipinski definition) is 2. The summed E-state index contributed by atoms with van der Waals surface area (Å²) in [5.74, 6) is 0.719. The smallest absolute Gasteiger partial charge is 0.310 e. The molecule has 0 unspecified atom stereocenters. The third kappa shape index (κ3) is 3.95. The number of benzene rings is 1. The van der Waals surface area contributed by atoms with Crippen LogP contribution in [0.25, 0.3) is 0 Å². The van der Waals surface area contributed by atoms with Gasteiger partial charge in [-0.25, -0.2) is 4.79 Å². The lowest BCUT2D eigenvalue weighted by Crippen LogP contribution is -2.35. The molecule has 1 aromatic heterocycles. The number of aromatic nitrogens is 2. The molecule has 116 valence electrons. The lowest BCUT2D eigenvalue weighted by molar-refractivity contribution is 0.175. The first-order valence-electron chi connectivity index (χ1n) is 7.78. The maximum Gasteiger partial charge on any atom is 0.325 e. The zero-order valence-corrected chi connectivity index (χ0v) is 12.5. The van der Waals surface area contributed by atoms with E-state index in [1.165, 1.54) is 11.6 Å². The zero-order valence-electron chi connectivity index (χ0n) is 12.5. The van der Waals surface area contributed by atoms with Crippen molar-refractivity contribution in [2.75, 3.05) is 13.1 Å². The Morgan fingerprint density at radius 3 is 2.45 bits per heavy atom. The Morgan fingerprint density at radius 2 is 1.77 bits per heavy atom. The normalized spacial score (nSPS) is 16.7. The predicted octanol–water partition coefficient (Wildman–Crippen LogP) is 1.52. The van der Waals surface area contributed by atoms with Crippen LogP contribution >= 0.6 is 0 Å². The van der Waals surface area contributed by atoms with Crippen LogP contribution in [0.1, 0.15) is 24.1 Å². The standard InChI is InChI=1S/C17H21N3O2/c21-16-11-15(18-17(22)19-16)12-20-8-6-14(7-9-20)10-13-4-2-1-3-5-13/h1-5,11,14H,6-10,12H2,(H2,18,19,21,22). The van der Waals surface area contributed by atoms with Crippen molar-refractivity contribution in [2.45, 2.75) is 25.8 Å². The van der Waals surface area contributed by atoms with E-state index in [-0.39, 0.29) is 5.56 Å². The van der Waals surface area contributed by atoms with Gasteiger partial charge in [-0.1, -0.05) is 30.3 Å². The second-order valence-corrected chi connectivity index (χ2v) is 6.02. The van der Waals surface area contributed by atoms with E-state index in [0.717, 1.165) is 38.3 Å². The Kier molecular flexibility index (Phi) is 4.53. The highest BCUT2D eigenvalue weighted by molar-refractivity contribution is 5.15. The van der Waals surface area contributed by atoms with Gasteiger partial charge in [-0.05, 0) is 43.8 Å². The summed E-state index contributed by atoms with van der Waals surface area (Å²) in [5, 5.41) is 0. The molecule has 0 bridgehead atoms. The maximum absolute atomic E-state index is 11.3. The topological polar surface area (TPSA) is 69.0 Å². The number of nitrogens with one attached hydrogen (secondary N) is 2. The van der Waals surface area contributed by atoms with Crippen LogP contribution in [-0.4, -0.2) is 28.0 Å². The maximum atomic E-state index is 11.3. The van der Waals surface area contributed by atoms with Gasteiger partial charge in [0.15, 0.2) is 0 Å². The largest absolute Gasteiger partial charge is 0.325 e. The first-order chi connectivity index (χ1) is 10.7. The molecule has 1 aliphatic heterocycles. The molecule has 1 fully saturated rings. The molecular formula is C17H21N3O2. The monoisotopic (exact) mass is 299 g/mol. The van der Waals surface area contributed by atoms with E-state index in [0.29, 0.717) is 12.2 Å². The lowest BCUT2D eigenvalue weighted by Gasteiger charge is -2.31. The molecule has 22 heavy (non-hydrogen) atoms. The second-order valence-electron chi connectivity index (χ2n) is 6.02. The molecule has 0 saturated carbocycles. The highest BCUT2D eigenvalue weighted by Crippen LogP contribution is 2.22. The predicted molar refractivity (Wildman–Crippen MR) is 85.8 cm³/mol. The minimum Gasteiger partial charge on any atom is -0.310 e. The quantitative estimate of drug-likeness (QED) is 0.899. The highest BCUT2D eigenvalue weighted by atomic mass is 16.2. The molecule has 1 aliphatic rings. The van der Waals surface area contributed by atoms with Crippen molar-refractivity contribution in [3.8, 4) is 0 Å². The summed E-state index contributed by atoms with van der Waals surface area (Å²) in [6, 6.07) is 12.1. The molecule has 0 atom stereocenters. The van der Waals surface area contributed by atoms with Crippen molar-refractivity contribution in [1.29, 1.82) is 0 Å². The van der Waals surface area contributed by atoms with Gasteiger partial charge in [0.25, 0.3) is 5.56 Å². The van der Waals surface area contributed by atoms with Crippen LogP contribution < -0.4 is 11.2 Å². The van der Waals surface area contributed by atoms with Crippen LogP contribution in [0.5, 0.6) is 0 Å². The van der Waals surface area contributed by atoms with E-state index in [1.807, 2.05) is 0 Å². The molecule has 2 aromatic rings. The number of nitrogens with zero attached hydrogens (tertiary/aromatic N) is 1. The van der Waals surface area contributed by atoms with Gasteiger partial charge in [-0.3, -0.25) is 14.7 Å². The number of H-pyrrole nitrogens is 2. The van der Waals surface area contributed by atoms with Crippen molar-refractivity contribution in [3.63, 3.8) is 0 Å². The number of hydrogen-bond acceptors (Lipinski definition) is 3. The fourth-order valence-electron chi connectivity index (χ4n) is 3.14. The van der Waals surface area contributed by atoms with Crippen LogP contribution in [0, 0.1) is 5.92 Å². The van der Waals surface area contributed by atoms with Crippen molar-refractivity contribution in [3.05, 3.63) is 68.5 Å². The Labute approximate surface area is 129 Å². The summed E-state index contributed by atoms with van der Waals surface area (Å²) in [4.78, 5) is 29.8.